The number of aryl methyl sites for hydroxylation is 1. The zero-order valence-electron chi connectivity index (χ0n) is 13.6. The van der Waals surface area contributed by atoms with Gasteiger partial charge in [-0.05, 0) is 30.7 Å². The first-order valence-corrected chi connectivity index (χ1v) is 8.33. The molecule has 0 saturated heterocycles. The number of nitrogens with zero attached hydrogens (tertiary/aromatic N) is 3. The van der Waals surface area contributed by atoms with E-state index in [9.17, 15) is 18.0 Å². The number of carbonyl (C=O) groups is 1. The SMILES string of the molecule is O=C(COc1ccc(Cl)cc1)NCc1nnc2n1CC(C(F)(F)F)CC2. The third kappa shape index (κ3) is 4.46. The molecule has 3 rings (SSSR count). The molecule has 0 spiro atoms. The first kappa shape index (κ1) is 18.5. The molecule has 0 radical (unpaired) electrons. The van der Waals surface area contributed by atoms with E-state index in [-0.39, 0.29) is 32.5 Å². The van der Waals surface area contributed by atoms with Gasteiger partial charge in [0.25, 0.3) is 5.91 Å². The van der Waals surface area contributed by atoms with Crippen LogP contribution < -0.4 is 10.1 Å². The molecule has 1 aromatic carbocycles. The molecular formula is C16H16ClF3N4O2. The predicted octanol–water partition coefficient (Wildman–Crippen LogP) is 2.75. The molecule has 1 amide bonds. The zero-order chi connectivity index (χ0) is 18.7. The number of hydrogen-bond donors (Lipinski definition) is 1. The molecule has 0 fully saturated rings. The Morgan fingerprint density at radius 1 is 1.31 bits per heavy atom. The van der Waals surface area contributed by atoms with Crippen LogP contribution >= 0.6 is 11.6 Å². The van der Waals surface area contributed by atoms with Gasteiger partial charge < -0.3 is 14.6 Å². The van der Waals surface area contributed by atoms with E-state index >= 15 is 0 Å². The van der Waals surface area contributed by atoms with Crippen LogP contribution in [0.15, 0.2) is 24.3 Å². The van der Waals surface area contributed by atoms with Crippen molar-refractivity contribution >= 4 is 17.5 Å². The lowest BCUT2D eigenvalue weighted by Crippen LogP contribution is -2.34. The average Bonchev–Trinajstić information content (AvgIpc) is 3.01. The van der Waals surface area contributed by atoms with Gasteiger partial charge in [0.05, 0.1) is 12.5 Å². The number of halogens is 4. The topological polar surface area (TPSA) is 69.0 Å². The normalized spacial score (nSPS) is 16.8. The zero-order valence-corrected chi connectivity index (χ0v) is 14.3. The molecule has 10 heteroatoms. The Kier molecular flexibility index (Phi) is 5.36. The van der Waals surface area contributed by atoms with Crippen molar-refractivity contribution in [2.75, 3.05) is 6.61 Å². The molecule has 0 saturated carbocycles. The van der Waals surface area contributed by atoms with E-state index < -0.39 is 18.0 Å². The van der Waals surface area contributed by atoms with Crippen molar-refractivity contribution in [1.82, 2.24) is 20.1 Å². The summed E-state index contributed by atoms with van der Waals surface area (Å²) in [7, 11) is 0. The third-order valence-electron chi connectivity index (χ3n) is 4.11. The Morgan fingerprint density at radius 2 is 2.04 bits per heavy atom. The summed E-state index contributed by atoms with van der Waals surface area (Å²) in [6.07, 6.45) is -4.04. The molecule has 26 heavy (non-hydrogen) atoms. The molecule has 1 aromatic heterocycles. The van der Waals surface area contributed by atoms with E-state index in [2.05, 4.69) is 15.5 Å². The maximum Gasteiger partial charge on any atom is 0.393 e. The van der Waals surface area contributed by atoms with Gasteiger partial charge >= 0.3 is 6.18 Å². The molecule has 2 aromatic rings. The molecule has 2 heterocycles. The number of fused-ring (bicyclic) bond motifs is 1. The van der Waals surface area contributed by atoms with Crippen molar-refractivity contribution in [1.29, 1.82) is 0 Å². The van der Waals surface area contributed by atoms with Crippen LogP contribution in [-0.4, -0.2) is 33.5 Å². The average molecular weight is 389 g/mol. The van der Waals surface area contributed by atoms with E-state index in [0.717, 1.165) is 0 Å². The smallest absolute Gasteiger partial charge is 0.393 e. The van der Waals surface area contributed by atoms with Gasteiger partial charge in [-0.1, -0.05) is 11.6 Å². The standard InChI is InChI=1S/C16H16ClF3N4O2/c17-11-2-4-12(5-3-11)26-9-15(25)21-7-14-23-22-13-6-1-10(8-24(13)14)16(18,19)20/h2-5,10H,1,6-9H2,(H,21,25). The maximum absolute atomic E-state index is 12.9. The van der Waals surface area contributed by atoms with Gasteiger partial charge in [-0.2, -0.15) is 13.2 Å². The van der Waals surface area contributed by atoms with E-state index in [1.165, 1.54) is 4.57 Å². The summed E-state index contributed by atoms with van der Waals surface area (Å²) in [6.45, 7) is -0.466. The van der Waals surface area contributed by atoms with Crippen molar-refractivity contribution in [3.63, 3.8) is 0 Å². The molecule has 0 aliphatic carbocycles. The quantitative estimate of drug-likeness (QED) is 0.855. The molecule has 6 nitrogen and oxygen atoms in total. The summed E-state index contributed by atoms with van der Waals surface area (Å²) in [5, 5.41) is 10.9. The molecule has 1 unspecified atom stereocenters. The van der Waals surface area contributed by atoms with Gasteiger partial charge in [-0.3, -0.25) is 4.79 Å². The van der Waals surface area contributed by atoms with Gasteiger partial charge in [-0.25, -0.2) is 0 Å². The number of amides is 1. The Hall–Kier alpha value is -2.29. The highest BCUT2D eigenvalue weighted by molar-refractivity contribution is 6.30. The second kappa shape index (κ2) is 7.53. The van der Waals surface area contributed by atoms with Gasteiger partial charge in [0.2, 0.25) is 0 Å². The molecule has 1 aliphatic rings. The Labute approximate surface area is 152 Å². The van der Waals surface area contributed by atoms with Crippen LogP contribution in [-0.2, 0) is 24.3 Å². The highest BCUT2D eigenvalue weighted by atomic mass is 35.5. The van der Waals surface area contributed by atoms with Crippen molar-refractivity contribution in [3.05, 3.63) is 40.9 Å². The van der Waals surface area contributed by atoms with Gasteiger partial charge in [0.1, 0.15) is 11.6 Å². The molecule has 1 aliphatic heterocycles. The summed E-state index contributed by atoms with van der Waals surface area (Å²) < 4.78 is 45.5. The fraction of sp³-hybridized carbons (Fsp3) is 0.438. The van der Waals surface area contributed by atoms with Crippen molar-refractivity contribution < 1.29 is 22.7 Å². The first-order chi connectivity index (χ1) is 12.3. The van der Waals surface area contributed by atoms with Gasteiger partial charge in [-0.15, -0.1) is 10.2 Å². The minimum absolute atomic E-state index is 0.00290. The highest BCUT2D eigenvalue weighted by Crippen LogP contribution is 2.34. The van der Waals surface area contributed by atoms with Gasteiger partial charge in [0, 0.05) is 18.0 Å². The molecule has 140 valence electrons. The van der Waals surface area contributed by atoms with Crippen LogP contribution in [0.5, 0.6) is 5.75 Å². The monoisotopic (exact) mass is 388 g/mol. The van der Waals surface area contributed by atoms with E-state index in [0.29, 0.717) is 22.4 Å². The largest absolute Gasteiger partial charge is 0.484 e. The number of carbonyl (C=O) groups excluding carboxylic acids is 1. The van der Waals surface area contributed by atoms with Crippen LogP contribution in [0, 0.1) is 5.92 Å². The van der Waals surface area contributed by atoms with Gasteiger partial charge in [0.15, 0.2) is 12.4 Å². The summed E-state index contributed by atoms with van der Waals surface area (Å²) >= 11 is 5.76. The summed E-state index contributed by atoms with van der Waals surface area (Å²) in [5.41, 5.74) is 0. The van der Waals surface area contributed by atoms with Crippen LogP contribution in [0.25, 0.3) is 0 Å². The molecule has 1 atom stereocenters. The second-order valence-electron chi connectivity index (χ2n) is 5.94. The fourth-order valence-electron chi connectivity index (χ4n) is 2.69. The van der Waals surface area contributed by atoms with E-state index in [1.807, 2.05) is 0 Å². The minimum Gasteiger partial charge on any atom is -0.484 e. The fourth-order valence-corrected chi connectivity index (χ4v) is 2.82. The molecular weight excluding hydrogens is 373 g/mol. The number of aromatic nitrogens is 3. The highest BCUT2D eigenvalue weighted by Gasteiger charge is 2.42. The Morgan fingerprint density at radius 3 is 2.73 bits per heavy atom. The van der Waals surface area contributed by atoms with Crippen molar-refractivity contribution in [2.24, 2.45) is 5.92 Å². The number of hydrogen-bond acceptors (Lipinski definition) is 4. The summed E-state index contributed by atoms with van der Waals surface area (Å²) in [6, 6.07) is 6.52. The van der Waals surface area contributed by atoms with Crippen LogP contribution in [0.4, 0.5) is 13.2 Å². The first-order valence-electron chi connectivity index (χ1n) is 7.95. The van der Waals surface area contributed by atoms with Crippen molar-refractivity contribution in [3.8, 4) is 5.75 Å². The Bertz CT molecular complexity index is 777. The lowest BCUT2D eigenvalue weighted by Gasteiger charge is -2.26. The second-order valence-corrected chi connectivity index (χ2v) is 6.38. The molecule has 1 N–H and O–H groups in total. The number of benzene rings is 1. The van der Waals surface area contributed by atoms with E-state index in [4.69, 9.17) is 16.3 Å². The number of alkyl halides is 3. The third-order valence-corrected chi connectivity index (χ3v) is 4.37. The van der Waals surface area contributed by atoms with Crippen LogP contribution in [0.3, 0.4) is 0 Å². The van der Waals surface area contributed by atoms with E-state index in [1.54, 1.807) is 24.3 Å². The Balaban J connectivity index is 1.53. The van der Waals surface area contributed by atoms with Crippen LogP contribution in [0.1, 0.15) is 18.1 Å². The summed E-state index contributed by atoms with van der Waals surface area (Å²) in [5.74, 6) is -0.549. The maximum atomic E-state index is 12.9. The lowest BCUT2D eigenvalue weighted by atomic mass is 9.99. The molecule has 0 bridgehead atoms. The number of ether oxygens (including phenoxy) is 1. The summed E-state index contributed by atoms with van der Waals surface area (Å²) in [4.78, 5) is 11.9. The lowest BCUT2D eigenvalue weighted by molar-refractivity contribution is -0.182. The van der Waals surface area contributed by atoms with Crippen LogP contribution in [0.2, 0.25) is 5.02 Å². The number of nitrogens with one attached hydrogen (secondary N) is 1. The predicted molar refractivity (Wildman–Crippen MR) is 86.7 cm³/mol. The van der Waals surface area contributed by atoms with Crippen molar-refractivity contribution in [2.45, 2.75) is 32.1 Å². The number of rotatable bonds is 5. The minimum atomic E-state index is -4.26.